The third-order valence-electron chi connectivity index (χ3n) is 5.30. The first kappa shape index (κ1) is 23.1. The third kappa shape index (κ3) is 4.82. The Morgan fingerprint density at radius 1 is 1.19 bits per heavy atom. The van der Waals surface area contributed by atoms with Gasteiger partial charge < -0.3 is 9.64 Å². The lowest BCUT2D eigenvalue weighted by molar-refractivity contribution is -0.124. The SMILES string of the molecule is Cc1cccc(Oc2ccc(Cl)cc2N2C(=NC(=O)C(C)(C)C)S[C@H]3CS(=O)(=O)C[C@@H]32)c1. The number of amidine groups is 1. The smallest absolute Gasteiger partial charge is 0.253 e. The minimum Gasteiger partial charge on any atom is -0.455 e. The van der Waals surface area contributed by atoms with Crippen LogP contribution in [0.3, 0.4) is 0 Å². The second kappa shape index (κ2) is 8.39. The van der Waals surface area contributed by atoms with Gasteiger partial charge in [0.15, 0.2) is 20.8 Å². The molecule has 2 aliphatic rings. The van der Waals surface area contributed by atoms with Crippen molar-refractivity contribution in [3.63, 3.8) is 0 Å². The Kier molecular flexibility index (Phi) is 6.07. The molecule has 0 radical (unpaired) electrons. The van der Waals surface area contributed by atoms with Gasteiger partial charge in [-0.1, -0.05) is 56.3 Å². The summed E-state index contributed by atoms with van der Waals surface area (Å²) >= 11 is 7.67. The second-order valence-corrected chi connectivity index (χ2v) is 12.9. The van der Waals surface area contributed by atoms with Gasteiger partial charge in [-0.05, 0) is 42.8 Å². The molecular formula is C23H25ClN2O4S2. The van der Waals surface area contributed by atoms with E-state index in [0.29, 0.717) is 27.4 Å². The number of aryl methyl sites for hydroxylation is 1. The molecule has 2 fully saturated rings. The van der Waals surface area contributed by atoms with Gasteiger partial charge in [0.2, 0.25) is 0 Å². The summed E-state index contributed by atoms with van der Waals surface area (Å²) in [7, 11) is -3.19. The zero-order chi connectivity index (χ0) is 23.3. The summed E-state index contributed by atoms with van der Waals surface area (Å²) in [6, 6.07) is 12.5. The molecule has 2 atom stereocenters. The molecule has 32 heavy (non-hydrogen) atoms. The number of aliphatic imine (C=N–C) groups is 1. The van der Waals surface area contributed by atoms with Crippen molar-refractivity contribution in [2.24, 2.45) is 10.4 Å². The van der Waals surface area contributed by atoms with Crippen molar-refractivity contribution in [1.29, 1.82) is 0 Å². The quantitative estimate of drug-likeness (QED) is 0.594. The first-order chi connectivity index (χ1) is 14.9. The summed E-state index contributed by atoms with van der Waals surface area (Å²) in [5.41, 5.74) is 0.990. The maximum Gasteiger partial charge on any atom is 0.253 e. The molecule has 2 aromatic carbocycles. The monoisotopic (exact) mass is 492 g/mol. The summed E-state index contributed by atoms with van der Waals surface area (Å²) in [6.45, 7) is 7.39. The Labute approximate surface area is 197 Å². The number of hydrogen-bond donors (Lipinski definition) is 0. The predicted octanol–water partition coefficient (Wildman–Crippen LogP) is 5.09. The molecule has 0 bridgehead atoms. The van der Waals surface area contributed by atoms with Crippen molar-refractivity contribution in [1.82, 2.24) is 0 Å². The molecule has 0 aliphatic carbocycles. The highest BCUT2D eigenvalue weighted by Gasteiger charge is 2.50. The molecule has 170 valence electrons. The number of rotatable bonds is 3. The Bertz CT molecular complexity index is 1200. The maximum atomic E-state index is 12.7. The molecule has 2 saturated heterocycles. The zero-order valence-electron chi connectivity index (χ0n) is 18.3. The predicted molar refractivity (Wildman–Crippen MR) is 131 cm³/mol. The molecule has 2 aliphatic heterocycles. The van der Waals surface area contributed by atoms with Crippen LogP contribution in [0.5, 0.6) is 11.5 Å². The highest BCUT2D eigenvalue weighted by Crippen LogP contribution is 2.45. The lowest BCUT2D eigenvalue weighted by atomic mass is 9.96. The lowest BCUT2D eigenvalue weighted by Gasteiger charge is -2.27. The van der Waals surface area contributed by atoms with E-state index in [9.17, 15) is 13.2 Å². The standard InChI is InChI=1S/C23H25ClN2O4S2/c1-14-6-5-7-16(10-14)30-19-9-8-15(24)11-17(19)26-18-12-32(28,29)13-20(18)31-22(26)25-21(27)23(2,3)4/h5-11,18,20H,12-13H2,1-4H3/t18-,20-/m0/s1. The third-order valence-corrected chi connectivity index (χ3v) is 8.75. The number of hydrogen-bond acceptors (Lipinski definition) is 5. The average molecular weight is 493 g/mol. The first-order valence-corrected chi connectivity index (χ1v) is 13.3. The minimum absolute atomic E-state index is 0.0101. The van der Waals surface area contributed by atoms with Gasteiger partial charge in [0, 0.05) is 15.7 Å². The largest absolute Gasteiger partial charge is 0.455 e. The Balaban J connectivity index is 1.81. The van der Waals surface area contributed by atoms with Crippen molar-refractivity contribution in [3.05, 3.63) is 53.1 Å². The van der Waals surface area contributed by atoms with Crippen molar-refractivity contribution in [2.45, 2.75) is 39.0 Å². The van der Waals surface area contributed by atoms with E-state index in [4.69, 9.17) is 16.3 Å². The number of nitrogens with zero attached hydrogens (tertiary/aromatic N) is 2. The van der Waals surface area contributed by atoms with Crippen LogP contribution in [0.15, 0.2) is 47.5 Å². The normalized spacial score (nSPS) is 23.4. The van der Waals surface area contributed by atoms with Gasteiger partial charge in [-0.15, -0.1) is 0 Å². The maximum absolute atomic E-state index is 12.7. The fraction of sp³-hybridized carbons (Fsp3) is 0.391. The highest BCUT2D eigenvalue weighted by atomic mass is 35.5. The van der Waals surface area contributed by atoms with Crippen LogP contribution in [0.25, 0.3) is 0 Å². The molecule has 0 unspecified atom stereocenters. The number of carbonyl (C=O) groups is 1. The van der Waals surface area contributed by atoms with Gasteiger partial charge in [-0.2, -0.15) is 4.99 Å². The van der Waals surface area contributed by atoms with Crippen LogP contribution in [0.2, 0.25) is 5.02 Å². The van der Waals surface area contributed by atoms with E-state index >= 15 is 0 Å². The van der Waals surface area contributed by atoms with Crippen LogP contribution in [-0.4, -0.2) is 42.3 Å². The number of amides is 1. The van der Waals surface area contributed by atoms with Crippen LogP contribution in [0.4, 0.5) is 5.69 Å². The first-order valence-electron chi connectivity index (χ1n) is 10.3. The van der Waals surface area contributed by atoms with Gasteiger partial charge in [-0.3, -0.25) is 4.79 Å². The highest BCUT2D eigenvalue weighted by molar-refractivity contribution is 8.16. The molecule has 4 rings (SSSR count). The van der Waals surface area contributed by atoms with Crippen LogP contribution in [-0.2, 0) is 14.6 Å². The number of carbonyl (C=O) groups excluding carboxylic acids is 1. The zero-order valence-corrected chi connectivity index (χ0v) is 20.7. The van der Waals surface area contributed by atoms with E-state index in [-0.39, 0.29) is 28.7 Å². The van der Waals surface area contributed by atoms with Crippen molar-refractivity contribution in [3.8, 4) is 11.5 Å². The Morgan fingerprint density at radius 3 is 2.62 bits per heavy atom. The van der Waals surface area contributed by atoms with Crippen molar-refractivity contribution in [2.75, 3.05) is 16.4 Å². The number of anilines is 1. The summed E-state index contributed by atoms with van der Waals surface area (Å²) < 4.78 is 31.0. The summed E-state index contributed by atoms with van der Waals surface area (Å²) in [6.07, 6.45) is 0. The van der Waals surface area contributed by atoms with Crippen molar-refractivity contribution >= 4 is 50.0 Å². The van der Waals surface area contributed by atoms with Gasteiger partial charge in [0.05, 0.1) is 23.2 Å². The second-order valence-electron chi connectivity index (χ2n) is 9.15. The van der Waals surface area contributed by atoms with Crippen LogP contribution < -0.4 is 9.64 Å². The minimum atomic E-state index is -3.19. The number of ether oxygens (including phenoxy) is 1. The molecule has 2 heterocycles. The van der Waals surface area contributed by atoms with E-state index in [1.54, 1.807) is 39.0 Å². The lowest BCUT2D eigenvalue weighted by Crippen LogP contribution is -2.38. The molecule has 0 saturated carbocycles. The van der Waals surface area contributed by atoms with E-state index < -0.39 is 15.3 Å². The molecule has 2 aromatic rings. The Hall–Kier alpha value is -2.03. The van der Waals surface area contributed by atoms with E-state index in [2.05, 4.69) is 4.99 Å². The summed E-state index contributed by atoms with van der Waals surface area (Å²) in [4.78, 5) is 18.9. The number of halogens is 1. The molecule has 1 amide bonds. The van der Waals surface area contributed by atoms with Crippen LogP contribution in [0, 0.1) is 12.3 Å². The van der Waals surface area contributed by atoms with E-state index in [1.165, 1.54) is 11.8 Å². The number of sulfone groups is 1. The summed E-state index contributed by atoms with van der Waals surface area (Å²) in [5.74, 6) is 0.942. The topological polar surface area (TPSA) is 76.0 Å². The molecule has 0 aromatic heterocycles. The Morgan fingerprint density at radius 2 is 1.94 bits per heavy atom. The molecule has 0 N–H and O–H groups in total. The molecule has 6 nitrogen and oxygen atoms in total. The fourth-order valence-corrected chi connectivity index (χ4v) is 7.74. The summed E-state index contributed by atoms with van der Waals surface area (Å²) in [5, 5.41) is 0.746. The van der Waals surface area contributed by atoms with Gasteiger partial charge in [-0.25, -0.2) is 8.42 Å². The fourth-order valence-electron chi connectivity index (χ4n) is 3.67. The van der Waals surface area contributed by atoms with Gasteiger partial charge in [0.1, 0.15) is 5.75 Å². The number of thioether (sulfide) groups is 1. The molecule has 0 spiro atoms. The van der Waals surface area contributed by atoms with E-state index in [0.717, 1.165) is 5.56 Å². The number of fused-ring (bicyclic) bond motifs is 1. The number of benzene rings is 2. The molecular weight excluding hydrogens is 468 g/mol. The average Bonchev–Trinajstić information content (AvgIpc) is 3.13. The molecule has 9 heteroatoms. The van der Waals surface area contributed by atoms with Gasteiger partial charge >= 0.3 is 0 Å². The van der Waals surface area contributed by atoms with Crippen molar-refractivity contribution < 1.29 is 17.9 Å². The van der Waals surface area contributed by atoms with Gasteiger partial charge in [0.25, 0.3) is 5.91 Å². The van der Waals surface area contributed by atoms with E-state index in [1.807, 2.05) is 36.1 Å². The van der Waals surface area contributed by atoms with Crippen LogP contribution >= 0.6 is 23.4 Å². The van der Waals surface area contributed by atoms with Crippen LogP contribution in [0.1, 0.15) is 26.3 Å².